The van der Waals surface area contributed by atoms with Gasteiger partial charge in [0.2, 0.25) is 0 Å². The number of nitrogen functional groups attached to an aromatic ring is 4. The van der Waals surface area contributed by atoms with E-state index in [0.717, 1.165) is 38.9 Å². The molecule has 29 nitrogen and oxygen atoms in total. The van der Waals surface area contributed by atoms with E-state index in [9.17, 15) is 29.1 Å². The SMILES string of the molecule is Cc1cccc(N)c1C(=O)Nc1ccccc1OCc1ccccc1.Cc1cccc(N)c1C(=O)O.Cc1cccc2nc(CCl)n(-c3ccccc3OCc3ccccc3)c(=O)c12.Cc1cccc2nc(Cn3cnc4c(N)ncnc43)n(-c3ccccc3O)c(=O)c12.Cc1cccc2nc(Cn3cnc4c(N)ncnc43)n(-c3ccccc3OCc3ccccc3)c(=O)c12. The average Bonchev–Trinajstić information content (AvgIpc) is 1.55. The summed E-state index contributed by atoms with van der Waals surface area (Å²) in [5.41, 5.74) is 37.5. The number of aryl methyl sites for hydroxylation is 5. The first-order valence-corrected chi connectivity index (χ1v) is 41.9. The van der Waals surface area contributed by atoms with Gasteiger partial charge in [-0.15, -0.1) is 11.6 Å². The van der Waals surface area contributed by atoms with Gasteiger partial charge in [0.05, 0.1) is 98.2 Å². The zero-order valence-electron chi connectivity index (χ0n) is 71.7. The summed E-state index contributed by atoms with van der Waals surface area (Å²) in [5, 5.41) is 23.7. The van der Waals surface area contributed by atoms with Gasteiger partial charge in [-0.2, -0.15) is 0 Å². The molecule has 0 aliphatic rings. The van der Waals surface area contributed by atoms with Crippen molar-refractivity contribution in [2.75, 3.05) is 28.3 Å². The number of carbonyl (C=O) groups excluding carboxylic acids is 1. The Morgan fingerprint density at radius 3 is 1.15 bits per heavy atom. The van der Waals surface area contributed by atoms with Crippen LogP contribution in [0.1, 0.15) is 82.7 Å². The van der Waals surface area contributed by atoms with Gasteiger partial charge < -0.3 is 61.8 Å². The molecule has 11 N–H and O–H groups in total. The molecule has 654 valence electrons. The highest BCUT2D eigenvalue weighted by Gasteiger charge is 2.24. The van der Waals surface area contributed by atoms with Crippen molar-refractivity contribution in [3.05, 3.63) is 409 Å². The van der Waals surface area contributed by atoms with Crippen LogP contribution in [-0.4, -0.2) is 89.8 Å². The Morgan fingerprint density at radius 2 is 0.733 bits per heavy atom. The summed E-state index contributed by atoms with van der Waals surface area (Å²) < 4.78 is 26.3. The van der Waals surface area contributed by atoms with Gasteiger partial charge in [-0.25, -0.2) is 49.7 Å². The topological polar surface area (TPSA) is 410 Å². The lowest BCUT2D eigenvalue weighted by molar-refractivity contribution is 0.0697. The van der Waals surface area contributed by atoms with Crippen LogP contribution in [0.15, 0.2) is 319 Å². The summed E-state index contributed by atoms with van der Waals surface area (Å²) in [6, 6.07) is 85.9. The zero-order valence-corrected chi connectivity index (χ0v) is 72.5. The minimum Gasteiger partial charge on any atom is -0.506 e. The second-order valence-electron chi connectivity index (χ2n) is 30.2. The van der Waals surface area contributed by atoms with Crippen molar-refractivity contribution in [2.24, 2.45) is 0 Å². The highest BCUT2D eigenvalue weighted by atomic mass is 35.5. The monoisotopic (exact) mass is 1760 g/mol. The number of amides is 1. The van der Waals surface area contributed by atoms with Crippen LogP contribution in [0, 0.1) is 34.6 Å². The van der Waals surface area contributed by atoms with Gasteiger partial charge >= 0.3 is 5.97 Å². The fraction of sp³-hybridized carbons (Fsp3) is 0.109. The number of alkyl halides is 1. The first kappa shape index (κ1) is 88.6. The second kappa shape index (κ2) is 40.4. The number of nitrogens with zero attached hydrogens (tertiary/aromatic N) is 14. The van der Waals surface area contributed by atoms with Gasteiger partial charge in [-0.3, -0.25) is 32.9 Å². The molecule has 0 spiro atoms. The molecule has 1 amide bonds. The van der Waals surface area contributed by atoms with E-state index in [1.807, 2.05) is 252 Å². The average molecular weight is 1760 g/mol. The zero-order chi connectivity index (χ0) is 91.8. The van der Waals surface area contributed by atoms with E-state index in [-0.39, 0.29) is 58.7 Å². The fourth-order valence-electron chi connectivity index (χ4n) is 15.0. The minimum atomic E-state index is -0.972. The normalized spacial score (nSPS) is 10.9. The fourth-order valence-corrected chi connectivity index (χ4v) is 15.1. The number of benzene rings is 12. The Kier molecular flexibility index (Phi) is 27.3. The van der Waals surface area contributed by atoms with Gasteiger partial charge in [-0.1, -0.05) is 200 Å². The third-order valence-electron chi connectivity index (χ3n) is 21.4. The number of hydrogen-bond donors (Lipinski definition) is 7. The molecular weight excluding hydrogens is 1670 g/mol. The van der Waals surface area contributed by atoms with E-state index in [1.165, 1.54) is 23.3 Å². The van der Waals surface area contributed by atoms with Crippen molar-refractivity contribution in [1.29, 1.82) is 0 Å². The molecule has 7 aromatic heterocycles. The molecule has 0 aliphatic heterocycles. The lowest BCUT2D eigenvalue weighted by atomic mass is 10.1. The Hall–Kier alpha value is -17.2. The number of aromatic nitrogens is 14. The summed E-state index contributed by atoms with van der Waals surface area (Å²) in [6.07, 6.45) is 5.97. The highest BCUT2D eigenvalue weighted by molar-refractivity contribution is 6.17. The van der Waals surface area contributed by atoms with Crippen molar-refractivity contribution in [3.63, 3.8) is 0 Å². The molecule has 12 aromatic carbocycles. The highest BCUT2D eigenvalue weighted by Crippen LogP contribution is 2.32. The van der Waals surface area contributed by atoms with Gasteiger partial charge in [0.1, 0.15) is 84.0 Å². The predicted molar refractivity (Wildman–Crippen MR) is 510 cm³/mol. The number of fused-ring (bicyclic) bond motifs is 5. The number of phenols is 1. The maximum absolute atomic E-state index is 14.0. The number of ether oxygens (including phenoxy) is 3. The number of para-hydroxylation sites is 8. The first-order chi connectivity index (χ1) is 63.6. The molecule has 0 saturated carbocycles. The van der Waals surface area contributed by atoms with Crippen LogP contribution >= 0.6 is 11.6 Å². The smallest absolute Gasteiger partial charge is 0.338 e. The number of imidazole rings is 2. The molecule has 0 aliphatic carbocycles. The largest absolute Gasteiger partial charge is 0.506 e. The molecule has 19 rings (SSSR count). The third-order valence-corrected chi connectivity index (χ3v) is 21.6. The number of rotatable bonds is 20. The van der Waals surface area contributed by atoms with Crippen LogP contribution in [0.2, 0.25) is 0 Å². The molecular formula is C101H88ClN19O10. The van der Waals surface area contributed by atoms with Gasteiger partial charge in [0, 0.05) is 11.4 Å². The van der Waals surface area contributed by atoms with Crippen LogP contribution in [0.25, 0.3) is 72.1 Å². The maximum atomic E-state index is 14.0. The third kappa shape index (κ3) is 19.9. The Bertz CT molecular complexity index is 7580. The van der Waals surface area contributed by atoms with Crippen molar-refractivity contribution in [3.8, 4) is 40.1 Å². The van der Waals surface area contributed by atoms with Crippen molar-refractivity contribution in [1.82, 2.24) is 67.7 Å². The molecule has 0 fully saturated rings. The number of nitrogens with one attached hydrogen (secondary N) is 1. The van der Waals surface area contributed by atoms with E-state index in [2.05, 4.69) is 40.2 Å². The number of halogens is 1. The standard InChI is InChI=1S/C28H23N7O2.C23H19ClN2O2.C21H17N7O2.C21H20N2O2.C8H9NO2/c1-18-8-7-11-20-24(18)28(36)35(21-12-5-6-13-22(21)37-15-19-9-3-2-4-10-19)23(33-20)14-34-17-32-25-26(29)30-16-31-27(25)34;1-16-8-7-11-18-22(16)23(27)26(21(14-24)25-18)19-12-5-6-13-20(19)28-15-17-9-3-2-4-10-17;1-12-5-4-6-13-17(12)21(30)28(14-7-2-3-8-15(14)29)16(26-13)9-27-11-25-18-19(22)23-10-24-20(18)27;1-15-8-7-11-17(22)20(15)21(24)23-18-12-5-6-13-19(18)25-14-16-9-3-2-4-10-16;1-5-3-2-4-6(9)7(5)8(10)11/h2-13,16-17H,14-15H2,1H3,(H2,29,30,31);2-13H,14-15H2,1H3;2-8,10-11,29H,9H2,1H3,(H2,22,23,24);2-13H,14,22H2,1H3,(H,23,24);2-4H,9H2,1H3,(H,10,11). The predicted octanol–water partition coefficient (Wildman–Crippen LogP) is 16.9. The summed E-state index contributed by atoms with van der Waals surface area (Å²) in [5.74, 6) is 2.68. The van der Waals surface area contributed by atoms with Crippen LogP contribution in [0.4, 0.5) is 28.7 Å². The van der Waals surface area contributed by atoms with Crippen LogP contribution in [-0.2, 0) is 38.8 Å². The number of nitrogens with two attached hydrogens (primary N) is 4. The molecule has 0 bridgehead atoms. The van der Waals surface area contributed by atoms with Crippen LogP contribution in [0.5, 0.6) is 23.0 Å². The van der Waals surface area contributed by atoms with Crippen molar-refractivity contribution in [2.45, 2.75) is 73.4 Å². The number of phenolic OH excluding ortho intramolecular Hbond substituents is 1. The molecule has 0 unspecified atom stereocenters. The molecule has 131 heavy (non-hydrogen) atoms. The van der Waals surface area contributed by atoms with E-state index < -0.39 is 5.97 Å². The number of carboxylic acid groups (broad SMARTS) is 1. The van der Waals surface area contributed by atoms with E-state index in [1.54, 1.807) is 86.4 Å². The molecule has 19 aromatic rings. The molecule has 0 radical (unpaired) electrons. The molecule has 0 saturated heterocycles. The summed E-state index contributed by atoms with van der Waals surface area (Å²) in [7, 11) is 0. The molecule has 0 atom stereocenters. The lowest BCUT2D eigenvalue weighted by Gasteiger charge is -2.18. The number of aromatic carboxylic acids is 1. The summed E-state index contributed by atoms with van der Waals surface area (Å²) >= 11 is 6.16. The lowest BCUT2D eigenvalue weighted by Crippen LogP contribution is -2.26. The Balaban J connectivity index is 0.000000130. The van der Waals surface area contributed by atoms with Crippen LogP contribution < -0.4 is 59.1 Å². The first-order valence-electron chi connectivity index (χ1n) is 41.3. The van der Waals surface area contributed by atoms with Crippen LogP contribution in [0.3, 0.4) is 0 Å². The summed E-state index contributed by atoms with van der Waals surface area (Å²) in [6.45, 7) is 10.9. The summed E-state index contributed by atoms with van der Waals surface area (Å²) in [4.78, 5) is 104. The van der Waals surface area contributed by atoms with E-state index in [4.69, 9.17) is 63.8 Å². The number of aromatic hydroxyl groups is 1. The number of carbonyl (C=O) groups is 2. The number of carboxylic acids is 1. The van der Waals surface area contributed by atoms with Crippen molar-refractivity contribution < 1.29 is 34.0 Å². The second-order valence-corrected chi connectivity index (χ2v) is 30.5. The van der Waals surface area contributed by atoms with E-state index >= 15 is 0 Å². The number of hydrogen-bond acceptors (Lipinski definition) is 22. The van der Waals surface area contributed by atoms with Gasteiger partial charge in [0.25, 0.3) is 22.6 Å². The minimum absolute atomic E-state index is 0.0161. The van der Waals surface area contributed by atoms with E-state index in [0.29, 0.717) is 161 Å². The molecule has 7 heterocycles. The van der Waals surface area contributed by atoms with Gasteiger partial charge in [0.15, 0.2) is 22.9 Å². The van der Waals surface area contributed by atoms with Crippen molar-refractivity contribution >= 4 is 107 Å². The Labute approximate surface area is 754 Å². The van der Waals surface area contributed by atoms with Gasteiger partial charge in [-0.05, 0) is 158 Å². The Morgan fingerprint density at radius 1 is 0.382 bits per heavy atom. The molecule has 30 heteroatoms. The quantitative estimate of drug-likeness (QED) is 0.0275. The number of anilines is 5. The maximum Gasteiger partial charge on any atom is 0.338 e.